The molecule has 2 N–H and O–H groups in total. The van der Waals surface area contributed by atoms with Crippen LogP contribution in [-0.4, -0.2) is 5.11 Å². The Hall–Kier alpha value is -2.47. The summed E-state index contributed by atoms with van der Waals surface area (Å²) >= 11 is 0. The second-order valence-corrected chi connectivity index (χ2v) is 4.29. The predicted octanol–water partition coefficient (Wildman–Crippen LogP) is 3.69. The first-order chi connectivity index (χ1) is 9.10. The van der Waals surface area contributed by atoms with Crippen molar-refractivity contribution in [1.82, 2.24) is 0 Å². The molecule has 2 rings (SSSR count). The molecule has 0 radical (unpaired) electrons. The van der Waals surface area contributed by atoms with Gasteiger partial charge in [0.25, 0.3) is 0 Å². The van der Waals surface area contributed by atoms with Crippen LogP contribution in [0.5, 0.6) is 5.75 Å². The third-order valence-electron chi connectivity index (χ3n) is 2.87. The van der Waals surface area contributed by atoms with Crippen molar-refractivity contribution in [2.24, 2.45) is 0 Å². The fraction of sp³-hybridized carbons (Fsp3) is 0.125. The van der Waals surface area contributed by atoms with Crippen molar-refractivity contribution in [1.29, 1.82) is 0 Å². The van der Waals surface area contributed by atoms with Gasteiger partial charge in [-0.05, 0) is 31.2 Å². The van der Waals surface area contributed by atoms with Crippen molar-refractivity contribution in [3.8, 4) is 18.1 Å². The number of terminal acetylenes is 1. The summed E-state index contributed by atoms with van der Waals surface area (Å²) in [6, 6.07) is 11.3. The summed E-state index contributed by atoms with van der Waals surface area (Å²) < 4.78 is 12.9. The molecule has 0 saturated heterocycles. The van der Waals surface area contributed by atoms with Gasteiger partial charge in [0.2, 0.25) is 0 Å². The molecule has 0 amide bonds. The Morgan fingerprint density at radius 2 is 2.05 bits per heavy atom. The Labute approximate surface area is 111 Å². The van der Waals surface area contributed by atoms with Crippen molar-refractivity contribution >= 4 is 5.69 Å². The summed E-state index contributed by atoms with van der Waals surface area (Å²) in [5, 5.41) is 12.9. The van der Waals surface area contributed by atoms with Crippen molar-refractivity contribution in [3.05, 3.63) is 59.4 Å². The highest BCUT2D eigenvalue weighted by Crippen LogP contribution is 2.27. The van der Waals surface area contributed by atoms with Crippen LogP contribution in [0.4, 0.5) is 10.1 Å². The number of hydrogen-bond acceptors (Lipinski definition) is 2. The number of aromatic hydroxyl groups is 1. The van der Waals surface area contributed by atoms with E-state index in [0.29, 0.717) is 5.56 Å². The maximum atomic E-state index is 12.9. The molecule has 0 aliphatic carbocycles. The summed E-state index contributed by atoms with van der Waals surface area (Å²) in [7, 11) is 0. The van der Waals surface area contributed by atoms with Gasteiger partial charge in [-0.1, -0.05) is 18.1 Å². The van der Waals surface area contributed by atoms with Gasteiger partial charge in [0.15, 0.2) is 0 Å². The molecule has 0 spiro atoms. The molecule has 0 heterocycles. The molecule has 0 aromatic heterocycles. The molecular weight excluding hydrogens is 241 g/mol. The number of phenols is 1. The first-order valence-electron chi connectivity index (χ1n) is 5.92. The van der Waals surface area contributed by atoms with E-state index in [1.165, 1.54) is 6.07 Å². The smallest absolute Gasteiger partial charge is 0.126 e. The van der Waals surface area contributed by atoms with Crippen LogP contribution < -0.4 is 5.32 Å². The minimum Gasteiger partial charge on any atom is -0.507 e. The van der Waals surface area contributed by atoms with Gasteiger partial charge in [-0.2, -0.15) is 0 Å². The lowest BCUT2D eigenvalue weighted by atomic mass is 10.1. The number of anilines is 1. The second-order valence-electron chi connectivity index (χ2n) is 4.29. The first kappa shape index (κ1) is 13.0. The van der Waals surface area contributed by atoms with Crippen LogP contribution in [0.2, 0.25) is 0 Å². The number of halogens is 1. The summed E-state index contributed by atoms with van der Waals surface area (Å²) in [5.74, 6) is 2.04. The lowest BCUT2D eigenvalue weighted by Gasteiger charge is -2.17. The highest BCUT2D eigenvalue weighted by Gasteiger charge is 2.11. The minimum absolute atomic E-state index is 0.0619. The van der Waals surface area contributed by atoms with Crippen LogP contribution in [0, 0.1) is 18.2 Å². The van der Waals surface area contributed by atoms with E-state index in [1.807, 2.05) is 31.2 Å². The van der Waals surface area contributed by atoms with Gasteiger partial charge in [0, 0.05) is 22.9 Å². The van der Waals surface area contributed by atoms with Gasteiger partial charge < -0.3 is 10.4 Å². The van der Waals surface area contributed by atoms with E-state index in [1.54, 1.807) is 6.07 Å². The van der Waals surface area contributed by atoms with Gasteiger partial charge in [-0.25, -0.2) is 4.39 Å². The third-order valence-corrected chi connectivity index (χ3v) is 2.87. The van der Waals surface area contributed by atoms with Crippen LogP contribution in [-0.2, 0) is 0 Å². The fourth-order valence-electron chi connectivity index (χ4n) is 1.91. The fourth-order valence-corrected chi connectivity index (χ4v) is 1.91. The normalized spacial score (nSPS) is 11.6. The van der Waals surface area contributed by atoms with Crippen molar-refractivity contribution in [2.45, 2.75) is 13.0 Å². The van der Waals surface area contributed by atoms with Gasteiger partial charge in [0.05, 0.1) is 6.04 Å². The van der Waals surface area contributed by atoms with E-state index < -0.39 is 5.82 Å². The summed E-state index contributed by atoms with van der Waals surface area (Å²) in [5.41, 5.74) is 2.26. The summed E-state index contributed by atoms with van der Waals surface area (Å²) in [6.45, 7) is 1.88. The molecule has 0 bridgehead atoms. The molecule has 0 aliphatic rings. The molecule has 96 valence electrons. The average Bonchev–Trinajstić information content (AvgIpc) is 2.38. The van der Waals surface area contributed by atoms with E-state index in [-0.39, 0.29) is 11.8 Å². The molecule has 0 aliphatic heterocycles. The first-order valence-corrected chi connectivity index (χ1v) is 5.92. The molecule has 0 saturated carbocycles. The maximum absolute atomic E-state index is 12.9. The molecule has 1 atom stereocenters. The number of nitrogens with one attached hydrogen (secondary N) is 1. The molecule has 0 fully saturated rings. The Kier molecular flexibility index (Phi) is 3.72. The zero-order valence-corrected chi connectivity index (χ0v) is 10.5. The monoisotopic (exact) mass is 255 g/mol. The van der Waals surface area contributed by atoms with Gasteiger partial charge in [0.1, 0.15) is 11.6 Å². The quantitative estimate of drug-likeness (QED) is 0.820. The molecule has 2 aromatic rings. The van der Waals surface area contributed by atoms with Gasteiger partial charge in [-0.3, -0.25) is 0 Å². The third kappa shape index (κ3) is 3.05. The number of phenolic OH excluding ortho intramolecular Hbond substituents is 1. The SMILES string of the molecule is C#Cc1cccc(NC(C)c2ccc(F)cc2O)c1. The average molecular weight is 255 g/mol. The lowest BCUT2D eigenvalue weighted by molar-refractivity contribution is 0.459. The Balaban J connectivity index is 2.20. The summed E-state index contributed by atoms with van der Waals surface area (Å²) in [6.07, 6.45) is 5.34. The van der Waals surface area contributed by atoms with Crippen LogP contribution in [0.15, 0.2) is 42.5 Å². The van der Waals surface area contributed by atoms with Crippen LogP contribution in [0.3, 0.4) is 0 Å². The van der Waals surface area contributed by atoms with Crippen molar-refractivity contribution in [2.75, 3.05) is 5.32 Å². The molecule has 3 heteroatoms. The number of hydrogen-bond donors (Lipinski definition) is 2. The number of rotatable bonds is 3. The Morgan fingerprint density at radius 3 is 2.74 bits per heavy atom. The lowest BCUT2D eigenvalue weighted by Crippen LogP contribution is -2.07. The van der Waals surface area contributed by atoms with Gasteiger partial charge >= 0.3 is 0 Å². The Morgan fingerprint density at radius 1 is 1.26 bits per heavy atom. The Bertz CT molecular complexity index is 631. The molecular formula is C16H14FNO. The van der Waals surface area contributed by atoms with E-state index in [0.717, 1.165) is 17.3 Å². The van der Waals surface area contributed by atoms with Crippen LogP contribution in [0.25, 0.3) is 0 Å². The van der Waals surface area contributed by atoms with E-state index in [2.05, 4.69) is 11.2 Å². The minimum atomic E-state index is -0.456. The standard InChI is InChI=1S/C16H14FNO/c1-3-12-5-4-6-14(9-12)18-11(2)15-8-7-13(17)10-16(15)19/h1,4-11,18-19H,2H3. The van der Waals surface area contributed by atoms with Gasteiger partial charge in [-0.15, -0.1) is 6.42 Å². The predicted molar refractivity (Wildman–Crippen MR) is 74.5 cm³/mol. The highest BCUT2D eigenvalue weighted by molar-refractivity contribution is 5.52. The zero-order chi connectivity index (χ0) is 13.8. The van der Waals surface area contributed by atoms with Crippen molar-refractivity contribution < 1.29 is 9.50 Å². The largest absolute Gasteiger partial charge is 0.507 e. The van der Waals surface area contributed by atoms with E-state index in [4.69, 9.17) is 6.42 Å². The second kappa shape index (κ2) is 5.45. The van der Waals surface area contributed by atoms with Crippen LogP contribution >= 0.6 is 0 Å². The molecule has 2 aromatic carbocycles. The van der Waals surface area contributed by atoms with Crippen molar-refractivity contribution in [3.63, 3.8) is 0 Å². The number of benzene rings is 2. The van der Waals surface area contributed by atoms with E-state index in [9.17, 15) is 9.50 Å². The molecule has 19 heavy (non-hydrogen) atoms. The topological polar surface area (TPSA) is 32.3 Å². The van der Waals surface area contributed by atoms with E-state index >= 15 is 0 Å². The molecule has 2 nitrogen and oxygen atoms in total. The highest BCUT2D eigenvalue weighted by atomic mass is 19.1. The molecule has 1 unspecified atom stereocenters. The summed E-state index contributed by atoms with van der Waals surface area (Å²) in [4.78, 5) is 0. The zero-order valence-electron chi connectivity index (χ0n) is 10.5. The van der Waals surface area contributed by atoms with Crippen LogP contribution in [0.1, 0.15) is 24.1 Å². The maximum Gasteiger partial charge on any atom is 0.126 e.